The molecule has 0 aromatic carbocycles. The molecule has 2 aromatic heterocycles. The molecular weight excluding hydrogens is 238 g/mol. The number of aliphatic hydroxyl groups is 1. The molecule has 1 N–H and O–H groups in total. The van der Waals surface area contributed by atoms with Gasteiger partial charge in [0.05, 0.1) is 18.3 Å². The fourth-order valence-electron chi connectivity index (χ4n) is 2.40. The Morgan fingerprint density at radius 3 is 2.84 bits per heavy atom. The molecule has 2 aromatic rings. The Kier molecular flexibility index (Phi) is 4.93. The van der Waals surface area contributed by atoms with Crippen LogP contribution in [-0.2, 0) is 13.2 Å². The van der Waals surface area contributed by atoms with Crippen LogP contribution in [0.5, 0.6) is 0 Å². The summed E-state index contributed by atoms with van der Waals surface area (Å²) in [6.45, 7) is 7.54. The number of aliphatic hydroxyl groups excluding tert-OH is 1. The minimum absolute atomic E-state index is 0.0433. The van der Waals surface area contributed by atoms with Gasteiger partial charge in [0.25, 0.3) is 0 Å². The Balaban J connectivity index is 2.25. The third-order valence-electron chi connectivity index (χ3n) is 3.54. The average molecular weight is 261 g/mol. The van der Waals surface area contributed by atoms with Gasteiger partial charge in [-0.15, -0.1) is 0 Å². The molecule has 0 amide bonds. The summed E-state index contributed by atoms with van der Waals surface area (Å²) in [4.78, 5) is 2.44. The Labute approximate surface area is 114 Å². The van der Waals surface area contributed by atoms with Crippen molar-refractivity contribution in [3.63, 3.8) is 0 Å². The molecule has 0 unspecified atom stereocenters. The first-order valence-electron chi connectivity index (χ1n) is 7.07. The van der Waals surface area contributed by atoms with Crippen molar-refractivity contribution in [3.05, 3.63) is 35.7 Å². The highest BCUT2D eigenvalue weighted by Crippen LogP contribution is 2.18. The number of pyridine rings is 1. The molecule has 104 valence electrons. The average Bonchev–Trinajstić information content (AvgIpc) is 2.87. The predicted molar refractivity (Wildman–Crippen MR) is 77.0 cm³/mol. The number of fused-ring (bicyclic) bond motifs is 1. The molecular formula is C15H23N3O. The first kappa shape index (κ1) is 14.0. The number of nitrogens with zero attached hydrogens (tertiary/aromatic N) is 3. The molecule has 2 heterocycles. The largest absolute Gasteiger partial charge is 0.392 e. The maximum absolute atomic E-state index is 9.41. The van der Waals surface area contributed by atoms with Crippen molar-refractivity contribution >= 4 is 5.52 Å². The zero-order valence-corrected chi connectivity index (χ0v) is 11.8. The van der Waals surface area contributed by atoms with Gasteiger partial charge in [0.15, 0.2) is 0 Å². The molecule has 0 aliphatic rings. The summed E-state index contributed by atoms with van der Waals surface area (Å²) in [6, 6.07) is 4.15. The van der Waals surface area contributed by atoms with Crippen molar-refractivity contribution in [2.45, 2.75) is 39.8 Å². The zero-order chi connectivity index (χ0) is 13.7. The van der Waals surface area contributed by atoms with Crippen molar-refractivity contribution in [1.82, 2.24) is 14.5 Å². The monoisotopic (exact) mass is 261 g/mol. The molecule has 2 rings (SSSR count). The van der Waals surface area contributed by atoms with E-state index < -0.39 is 0 Å². The maximum atomic E-state index is 9.41. The van der Waals surface area contributed by atoms with Gasteiger partial charge in [0.1, 0.15) is 0 Å². The summed E-state index contributed by atoms with van der Waals surface area (Å²) < 4.78 is 1.86. The third-order valence-corrected chi connectivity index (χ3v) is 3.54. The van der Waals surface area contributed by atoms with Crippen LogP contribution in [0.1, 0.15) is 37.8 Å². The topological polar surface area (TPSA) is 40.8 Å². The molecule has 0 radical (unpaired) electrons. The highest BCUT2D eigenvalue weighted by atomic mass is 16.3. The Morgan fingerprint density at radius 2 is 2.16 bits per heavy atom. The van der Waals surface area contributed by atoms with Crippen LogP contribution in [0.4, 0.5) is 0 Å². The van der Waals surface area contributed by atoms with Crippen molar-refractivity contribution in [1.29, 1.82) is 0 Å². The quantitative estimate of drug-likeness (QED) is 0.832. The summed E-state index contributed by atoms with van der Waals surface area (Å²) in [5.74, 6) is 0. The molecule has 4 heteroatoms. The summed E-state index contributed by atoms with van der Waals surface area (Å²) in [5, 5.41) is 13.7. The highest BCUT2D eigenvalue weighted by molar-refractivity contribution is 5.60. The molecule has 0 bridgehead atoms. The molecule has 0 aliphatic heterocycles. The second kappa shape index (κ2) is 6.68. The third kappa shape index (κ3) is 3.14. The van der Waals surface area contributed by atoms with Crippen LogP contribution < -0.4 is 0 Å². The van der Waals surface area contributed by atoms with E-state index in [1.807, 2.05) is 16.8 Å². The van der Waals surface area contributed by atoms with E-state index in [0.29, 0.717) is 0 Å². The van der Waals surface area contributed by atoms with Gasteiger partial charge in [-0.1, -0.05) is 26.3 Å². The maximum Gasteiger partial charge on any atom is 0.0761 e. The van der Waals surface area contributed by atoms with E-state index in [1.54, 1.807) is 6.20 Å². The van der Waals surface area contributed by atoms with Crippen LogP contribution in [0.15, 0.2) is 24.5 Å². The van der Waals surface area contributed by atoms with Gasteiger partial charge in [0.2, 0.25) is 0 Å². The van der Waals surface area contributed by atoms with Crippen LogP contribution >= 0.6 is 0 Å². The van der Waals surface area contributed by atoms with Gasteiger partial charge in [-0.25, -0.2) is 4.52 Å². The highest BCUT2D eigenvalue weighted by Gasteiger charge is 2.11. The molecule has 0 spiro atoms. The molecule has 4 nitrogen and oxygen atoms in total. The van der Waals surface area contributed by atoms with Gasteiger partial charge in [-0.2, -0.15) is 5.10 Å². The van der Waals surface area contributed by atoms with E-state index in [9.17, 15) is 5.11 Å². The van der Waals surface area contributed by atoms with Gasteiger partial charge < -0.3 is 5.11 Å². The van der Waals surface area contributed by atoms with Crippen LogP contribution in [0.25, 0.3) is 5.52 Å². The van der Waals surface area contributed by atoms with Crippen LogP contribution in [0.2, 0.25) is 0 Å². The minimum Gasteiger partial charge on any atom is -0.392 e. The lowest BCUT2D eigenvalue weighted by molar-refractivity contribution is 0.274. The summed E-state index contributed by atoms with van der Waals surface area (Å²) in [6.07, 6.45) is 6.12. The second-order valence-electron chi connectivity index (χ2n) is 4.88. The normalized spacial score (nSPS) is 11.6. The van der Waals surface area contributed by atoms with Crippen molar-refractivity contribution < 1.29 is 5.11 Å². The molecule has 0 saturated carbocycles. The zero-order valence-electron chi connectivity index (χ0n) is 11.8. The molecule has 0 saturated heterocycles. The van der Waals surface area contributed by atoms with Crippen LogP contribution in [0, 0.1) is 0 Å². The van der Waals surface area contributed by atoms with Crippen molar-refractivity contribution in [2.75, 3.05) is 13.1 Å². The Hall–Kier alpha value is -1.39. The van der Waals surface area contributed by atoms with E-state index in [1.165, 1.54) is 18.4 Å². The van der Waals surface area contributed by atoms with Crippen molar-refractivity contribution in [3.8, 4) is 0 Å². The van der Waals surface area contributed by atoms with Crippen molar-refractivity contribution in [2.24, 2.45) is 0 Å². The van der Waals surface area contributed by atoms with Gasteiger partial charge in [-0.05, 0) is 31.1 Å². The number of unbranched alkanes of at least 4 members (excludes halogenated alkanes) is 1. The fraction of sp³-hybridized carbons (Fsp3) is 0.533. The lowest BCUT2D eigenvalue weighted by atomic mass is 10.1. The molecule has 0 fully saturated rings. The smallest absolute Gasteiger partial charge is 0.0761 e. The lowest BCUT2D eigenvalue weighted by Crippen LogP contribution is -2.24. The first-order valence-corrected chi connectivity index (χ1v) is 7.07. The number of rotatable bonds is 7. The SMILES string of the molecule is CCCCN(CC)Cc1cccn2ncc(CO)c12. The Bertz CT molecular complexity index is 521. The van der Waals surface area contributed by atoms with E-state index >= 15 is 0 Å². The molecule has 19 heavy (non-hydrogen) atoms. The van der Waals surface area contributed by atoms with Crippen LogP contribution in [0.3, 0.4) is 0 Å². The molecule has 0 aliphatic carbocycles. The first-order chi connectivity index (χ1) is 9.30. The summed E-state index contributed by atoms with van der Waals surface area (Å²) in [5.41, 5.74) is 3.20. The van der Waals surface area contributed by atoms with Gasteiger partial charge in [0, 0.05) is 18.3 Å². The summed E-state index contributed by atoms with van der Waals surface area (Å²) in [7, 11) is 0. The van der Waals surface area contributed by atoms with E-state index in [0.717, 1.165) is 30.7 Å². The summed E-state index contributed by atoms with van der Waals surface area (Å²) >= 11 is 0. The Morgan fingerprint density at radius 1 is 1.32 bits per heavy atom. The predicted octanol–water partition coefficient (Wildman–Crippen LogP) is 2.45. The fourth-order valence-corrected chi connectivity index (χ4v) is 2.40. The van der Waals surface area contributed by atoms with E-state index in [2.05, 4.69) is 29.9 Å². The van der Waals surface area contributed by atoms with E-state index in [-0.39, 0.29) is 6.61 Å². The second-order valence-corrected chi connectivity index (χ2v) is 4.88. The van der Waals surface area contributed by atoms with E-state index in [4.69, 9.17) is 0 Å². The lowest BCUT2D eigenvalue weighted by Gasteiger charge is -2.20. The minimum atomic E-state index is 0.0433. The molecule has 0 atom stereocenters. The number of hydrogen-bond acceptors (Lipinski definition) is 3. The van der Waals surface area contributed by atoms with Gasteiger partial charge in [-0.3, -0.25) is 4.90 Å². The van der Waals surface area contributed by atoms with Crippen LogP contribution in [-0.4, -0.2) is 32.7 Å². The standard InChI is InChI=1S/C15H23N3O/c1-3-5-8-17(4-2)11-13-7-6-9-18-15(13)14(12-19)10-16-18/h6-7,9-10,19H,3-5,8,11-12H2,1-2H3. The number of aromatic nitrogens is 2. The number of hydrogen-bond donors (Lipinski definition) is 1. The van der Waals surface area contributed by atoms with Gasteiger partial charge >= 0.3 is 0 Å².